The van der Waals surface area contributed by atoms with E-state index in [1.807, 2.05) is 0 Å². The molecule has 2 aliphatic rings. The summed E-state index contributed by atoms with van der Waals surface area (Å²) in [5.74, 6) is 0. The number of ether oxygens (including phenoxy) is 1. The van der Waals surface area contributed by atoms with Crippen LogP contribution in [0.2, 0.25) is 0 Å². The molecule has 0 amide bonds. The molecule has 11 heteroatoms. The van der Waals surface area contributed by atoms with Crippen LogP contribution in [0.3, 0.4) is 0 Å². The molecule has 22 heavy (non-hydrogen) atoms. The van der Waals surface area contributed by atoms with Gasteiger partial charge in [-0.3, -0.25) is 0 Å². The highest BCUT2D eigenvalue weighted by Crippen LogP contribution is 2.22. The molecule has 0 aliphatic carbocycles. The third-order valence-electron chi connectivity index (χ3n) is 3.75. The van der Waals surface area contributed by atoms with E-state index in [0.29, 0.717) is 25.9 Å². The second-order valence-corrected chi connectivity index (χ2v) is 5.32. The summed E-state index contributed by atoms with van der Waals surface area (Å²) in [5, 5.41) is 63.5. The fraction of sp³-hybridized carbons (Fsp3) is 1.00. The second kappa shape index (κ2) is 7.35. The Bertz CT molecular complexity index is 388. The maximum Gasteiger partial charge on any atom is 0.262 e. The standard InChI is InChI=1S/C11H21N3O8/c15-5-7-8(17)9(18)10(19)11(21-7)22-12-14(20)13-3-1-6(16)2-4-13/h6-11,15-19H,1-5H2/b14-12-/t7-,8+,9+,10-,11+/m1/s1. The number of hydrogen-bond donors (Lipinski definition) is 5. The SMILES string of the molecule is [O-]/[N+](=N\O[C@@H]1O[C@H](CO)[C@H](O)[C@H](O)[C@H]1O)N1CCC(O)CC1. The highest BCUT2D eigenvalue weighted by atomic mass is 16.8. The molecule has 0 aromatic carbocycles. The van der Waals surface area contributed by atoms with Crippen molar-refractivity contribution in [2.24, 2.45) is 5.28 Å². The summed E-state index contributed by atoms with van der Waals surface area (Å²) in [7, 11) is 0. The average Bonchev–Trinajstić information content (AvgIpc) is 2.52. The van der Waals surface area contributed by atoms with Crippen molar-refractivity contribution in [3.8, 4) is 0 Å². The van der Waals surface area contributed by atoms with Crippen LogP contribution in [-0.2, 0) is 9.57 Å². The van der Waals surface area contributed by atoms with Gasteiger partial charge in [0.2, 0.25) is 5.28 Å². The van der Waals surface area contributed by atoms with E-state index >= 15 is 0 Å². The third kappa shape index (κ3) is 3.74. The van der Waals surface area contributed by atoms with E-state index in [2.05, 4.69) is 5.28 Å². The topological polar surface area (TPSA) is 161 Å². The van der Waals surface area contributed by atoms with Crippen LogP contribution in [0.1, 0.15) is 12.8 Å². The Morgan fingerprint density at radius 1 is 1.14 bits per heavy atom. The molecule has 2 heterocycles. The highest BCUT2D eigenvalue weighted by molar-refractivity contribution is 4.88. The molecule has 0 spiro atoms. The molecule has 0 unspecified atom stereocenters. The van der Waals surface area contributed by atoms with E-state index in [0.717, 1.165) is 0 Å². The Morgan fingerprint density at radius 2 is 1.77 bits per heavy atom. The minimum Gasteiger partial charge on any atom is -0.569 e. The zero-order valence-corrected chi connectivity index (χ0v) is 11.8. The van der Waals surface area contributed by atoms with Gasteiger partial charge in [-0.25, -0.2) is 0 Å². The Labute approximate surface area is 126 Å². The highest BCUT2D eigenvalue weighted by Gasteiger charge is 2.45. The molecule has 2 fully saturated rings. The molecule has 0 bridgehead atoms. The molecule has 2 rings (SSSR count). The molecule has 0 saturated carbocycles. The van der Waals surface area contributed by atoms with E-state index in [-0.39, 0.29) is 4.97 Å². The van der Waals surface area contributed by atoms with Gasteiger partial charge >= 0.3 is 0 Å². The largest absolute Gasteiger partial charge is 0.569 e. The summed E-state index contributed by atoms with van der Waals surface area (Å²) in [6.45, 7) is -0.00563. The van der Waals surface area contributed by atoms with Crippen LogP contribution in [0.25, 0.3) is 0 Å². The first-order valence-electron chi connectivity index (χ1n) is 7.01. The molecular formula is C11H21N3O8. The van der Waals surface area contributed by atoms with Crippen LogP contribution in [-0.4, -0.2) is 92.0 Å². The van der Waals surface area contributed by atoms with Crippen LogP contribution in [0.15, 0.2) is 5.28 Å². The predicted octanol–water partition coefficient (Wildman–Crippen LogP) is -2.95. The number of aliphatic hydroxyl groups excluding tert-OH is 5. The fourth-order valence-corrected chi connectivity index (χ4v) is 2.32. The van der Waals surface area contributed by atoms with Gasteiger partial charge in [0.05, 0.1) is 30.8 Å². The lowest BCUT2D eigenvalue weighted by Gasteiger charge is -2.37. The summed E-state index contributed by atoms with van der Waals surface area (Å²) in [6.07, 6.45) is -6.97. The van der Waals surface area contributed by atoms with Gasteiger partial charge in [0.1, 0.15) is 24.4 Å². The van der Waals surface area contributed by atoms with Crippen LogP contribution in [0.4, 0.5) is 0 Å². The van der Waals surface area contributed by atoms with Gasteiger partial charge in [0, 0.05) is 0 Å². The first kappa shape index (κ1) is 17.1. The molecule has 128 valence electrons. The van der Waals surface area contributed by atoms with Crippen molar-refractivity contribution in [2.75, 3.05) is 19.7 Å². The molecule has 11 nitrogen and oxygen atoms in total. The average molecular weight is 323 g/mol. The van der Waals surface area contributed by atoms with Crippen molar-refractivity contribution in [3.63, 3.8) is 0 Å². The van der Waals surface area contributed by atoms with Crippen LogP contribution in [0, 0.1) is 5.21 Å². The minimum absolute atomic E-state index is 0.174. The maximum absolute atomic E-state index is 11.7. The fourth-order valence-electron chi connectivity index (χ4n) is 2.32. The van der Waals surface area contributed by atoms with Gasteiger partial charge in [0.15, 0.2) is 0 Å². The Balaban J connectivity index is 1.92. The number of hydrogen-bond acceptors (Lipinski definition) is 9. The lowest BCUT2D eigenvalue weighted by molar-refractivity contribution is -0.716. The third-order valence-corrected chi connectivity index (χ3v) is 3.75. The number of piperidine rings is 1. The number of aliphatic hydroxyl groups is 5. The zero-order valence-electron chi connectivity index (χ0n) is 11.8. The van der Waals surface area contributed by atoms with Crippen LogP contribution in [0.5, 0.6) is 0 Å². The summed E-state index contributed by atoms with van der Waals surface area (Å²) in [4.78, 5) is 4.94. The van der Waals surface area contributed by atoms with E-state index in [4.69, 9.17) is 14.7 Å². The van der Waals surface area contributed by atoms with Gasteiger partial charge in [-0.05, 0) is 12.8 Å². The molecule has 2 saturated heterocycles. The van der Waals surface area contributed by atoms with E-state index in [9.17, 15) is 25.6 Å². The molecule has 2 aliphatic heterocycles. The number of nitrogens with zero attached hydrogens (tertiary/aromatic N) is 3. The Kier molecular flexibility index (Phi) is 5.72. The van der Waals surface area contributed by atoms with Gasteiger partial charge in [-0.1, -0.05) is 0 Å². The quantitative estimate of drug-likeness (QED) is 0.207. The first-order valence-corrected chi connectivity index (χ1v) is 7.01. The molecular weight excluding hydrogens is 302 g/mol. The smallest absolute Gasteiger partial charge is 0.262 e. The zero-order chi connectivity index (χ0) is 16.3. The molecule has 0 aromatic heterocycles. The molecule has 0 radical (unpaired) electrons. The van der Waals surface area contributed by atoms with Crippen molar-refractivity contribution in [1.29, 1.82) is 0 Å². The number of hydrazine groups is 1. The van der Waals surface area contributed by atoms with Crippen molar-refractivity contribution in [1.82, 2.24) is 5.01 Å². The molecule has 0 aromatic rings. The van der Waals surface area contributed by atoms with Gasteiger partial charge in [-0.2, -0.15) is 0 Å². The lowest BCUT2D eigenvalue weighted by atomic mass is 9.99. The van der Waals surface area contributed by atoms with E-state index < -0.39 is 43.4 Å². The van der Waals surface area contributed by atoms with Gasteiger partial charge < -0.3 is 40.3 Å². The van der Waals surface area contributed by atoms with Gasteiger partial charge in [0.25, 0.3) is 6.29 Å². The number of rotatable bonds is 4. The van der Waals surface area contributed by atoms with Gasteiger partial charge in [-0.15, -0.1) is 5.01 Å². The summed E-state index contributed by atoms with van der Waals surface area (Å²) >= 11 is 0. The van der Waals surface area contributed by atoms with E-state index in [1.165, 1.54) is 5.01 Å². The predicted molar refractivity (Wildman–Crippen MR) is 67.7 cm³/mol. The Morgan fingerprint density at radius 3 is 2.36 bits per heavy atom. The summed E-state index contributed by atoms with van der Waals surface area (Å²) in [6, 6.07) is 0. The van der Waals surface area contributed by atoms with E-state index in [1.54, 1.807) is 0 Å². The lowest BCUT2D eigenvalue weighted by Crippen LogP contribution is -2.58. The van der Waals surface area contributed by atoms with Crippen LogP contribution < -0.4 is 0 Å². The Hall–Kier alpha value is -1.24. The maximum atomic E-state index is 11.7. The van der Waals surface area contributed by atoms with Crippen LogP contribution >= 0.6 is 0 Å². The normalized spacial score (nSPS) is 38.1. The van der Waals surface area contributed by atoms with Crippen molar-refractivity contribution < 1.29 is 40.1 Å². The monoisotopic (exact) mass is 323 g/mol. The van der Waals surface area contributed by atoms with Crippen molar-refractivity contribution in [3.05, 3.63) is 5.21 Å². The minimum atomic E-state index is -1.63. The summed E-state index contributed by atoms with van der Waals surface area (Å²) in [5.41, 5.74) is 0. The summed E-state index contributed by atoms with van der Waals surface area (Å²) < 4.78 is 5.04. The van der Waals surface area contributed by atoms with Crippen molar-refractivity contribution in [2.45, 2.75) is 49.7 Å². The van der Waals surface area contributed by atoms with Crippen molar-refractivity contribution >= 4 is 0 Å². The molecule has 5 atom stereocenters. The second-order valence-electron chi connectivity index (χ2n) is 5.32. The first-order chi connectivity index (χ1) is 10.4. The molecule has 5 N–H and O–H groups in total.